The van der Waals surface area contributed by atoms with Crippen LogP contribution in [-0.2, 0) is 15.7 Å². The van der Waals surface area contributed by atoms with Crippen LogP contribution in [0, 0.1) is 0 Å². The van der Waals surface area contributed by atoms with Crippen molar-refractivity contribution in [3.8, 4) is 0 Å². The lowest BCUT2D eigenvalue weighted by Crippen LogP contribution is -2.35. The third-order valence-corrected chi connectivity index (χ3v) is 7.80. The first-order chi connectivity index (χ1) is 15.4. The maximum atomic E-state index is 12.9. The van der Waals surface area contributed by atoms with Gasteiger partial charge in [0.25, 0.3) is 0 Å². The van der Waals surface area contributed by atoms with Crippen molar-refractivity contribution in [1.29, 1.82) is 0 Å². The number of allylic oxidation sites excluding steroid dienone is 1. The molecule has 5 nitrogen and oxygen atoms in total. The molecular formula is C26H41N3O2S. The van der Waals surface area contributed by atoms with Gasteiger partial charge in [-0.15, -0.1) is 0 Å². The Morgan fingerprint density at radius 1 is 0.969 bits per heavy atom. The molecule has 1 saturated heterocycles. The van der Waals surface area contributed by atoms with Gasteiger partial charge in [-0.05, 0) is 82.7 Å². The zero-order valence-corrected chi connectivity index (χ0v) is 20.9. The second-order valence-corrected chi connectivity index (χ2v) is 11.9. The van der Waals surface area contributed by atoms with E-state index in [0.717, 1.165) is 56.0 Å². The molecule has 1 aromatic carbocycles. The highest BCUT2D eigenvalue weighted by atomic mass is 32.2. The van der Waals surface area contributed by atoms with Crippen molar-refractivity contribution in [3.05, 3.63) is 35.7 Å². The molecule has 2 N–H and O–H groups in total. The van der Waals surface area contributed by atoms with Crippen molar-refractivity contribution in [2.75, 3.05) is 18.0 Å². The molecule has 2 unspecified atom stereocenters. The summed E-state index contributed by atoms with van der Waals surface area (Å²) < 4.78 is 22.4. The van der Waals surface area contributed by atoms with Crippen LogP contribution in [0.15, 0.2) is 40.6 Å². The molecule has 0 aromatic heterocycles. The van der Waals surface area contributed by atoms with Gasteiger partial charge in [-0.2, -0.15) is 0 Å². The number of hydrogen-bond acceptors (Lipinski definition) is 4. The molecule has 6 heteroatoms. The largest absolute Gasteiger partial charge is 0.474 e. The second kappa shape index (κ2) is 10.6. The number of ether oxygens (including phenoxy) is 1. The van der Waals surface area contributed by atoms with Gasteiger partial charge < -0.3 is 15.0 Å². The number of rotatable bonds is 7. The Morgan fingerprint density at radius 2 is 1.62 bits per heavy atom. The molecule has 0 spiro atoms. The van der Waals surface area contributed by atoms with Crippen molar-refractivity contribution in [2.24, 2.45) is 0 Å². The van der Waals surface area contributed by atoms with Gasteiger partial charge in [0.2, 0.25) is 0 Å². The van der Waals surface area contributed by atoms with Gasteiger partial charge in [0.1, 0.15) is 16.6 Å². The topological polar surface area (TPSA) is 53.6 Å². The summed E-state index contributed by atoms with van der Waals surface area (Å²) in [6.07, 6.45) is 12.2. The van der Waals surface area contributed by atoms with E-state index in [1.807, 2.05) is 12.1 Å². The first kappa shape index (κ1) is 23.6. The summed E-state index contributed by atoms with van der Waals surface area (Å²) in [5.41, 5.74) is 2.45. The molecule has 0 amide bonds. The predicted molar refractivity (Wildman–Crippen MR) is 133 cm³/mol. The summed E-state index contributed by atoms with van der Waals surface area (Å²) in [6.45, 7) is 8.31. The van der Waals surface area contributed by atoms with Gasteiger partial charge in [-0.1, -0.05) is 32.1 Å². The molecule has 2 aliphatic carbocycles. The van der Waals surface area contributed by atoms with E-state index >= 15 is 0 Å². The molecular weight excluding hydrogens is 418 g/mol. The van der Waals surface area contributed by atoms with E-state index in [1.54, 1.807) is 0 Å². The van der Waals surface area contributed by atoms with Crippen molar-refractivity contribution in [3.63, 3.8) is 0 Å². The van der Waals surface area contributed by atoms with Crippen LogP contribution in [-0.4, -0.2) is 35.0 Å². The third kappa shape index (κ3) is 6.98. The highest BCUT2D eigenvalue weighted by Gasteiger charge is 2.29. The maximum Gasteiger partial charge on any atom is 0.186 e. The van der Waals surface area contributed by atoms with Crippen LogP contribution >= 0.6 is 0 Å². The van der Waals surface area contributed by atoms with Crippen LogP contribution < -0.4 is 14.9 Å². The lowest BCUT2D eigenvalue weighted by atomic mass is 9.97. The van der Waals surface area contributed by atoms with E-state index in [2.05, 4.69) is 47.8 Å². The third-order valence-electron chi connectivity index (χ3n) is 6.55. The van der Waals surface area contributed by atoms with Crippen molar-refractivity contribution in [1.82, 2.24) is 10.0 Å². The zero-order valence-electron chi connectivity index (χ0n) is 20.1. The number of nitrogens with one attached hydrogen (secondary N) is 2. The van der Waals surface area contributed by atoms with Gasteiger partial charge >= 0.3 is 0 Å². The van der Waals surface area contributed by atoms with Gasteiger partial charge in [0, 0.05) is 30.9 Å². The molecule has 178 valence electrons. The Bertz CT molecular complexity index is 801. The fourth-order valence-electron chi connectivity index (χ4n) is 4.67. The lowest BCUT2D eigenvalue weighted by molar-refractivity contribution is 0.0369. The minimum absolute atomic E-state index is 0.175. The SMILES string of the molecule is CC(C)(C)OC(NC1CCN(c2ccc(S(=O)NC3CCCCCCC3)cc2)C1)=C1CC1. The Hall–Kier alpha value is -1.53. The molecule has 2 saturated carbocycles. The van der Waals surface area contributed by atoms with Crippen LogP contribution in [0.25, 0.3) is 0 Å². The number of benzene rings is 1. The molecule has 2 atom stereocenters. The van der Waals surface area contributed by atoms with Crippen molar-refractivity contribution >= 4 is 16.7 Å². The minimum atomic E-state index is -1.13. The van der Waals surface area contributed by atoms with E-state index in [-0.39, 0.29) is 5.60 Å². The lowest BCUT2D eigenvalue weighted by Gasteiger charge is -2.26. The Balaban J connectivity index is 1.29. The zero-order chi connectivity index (χ0) is 22.6. The number of nitrogens with zero attached hydrogens (tertiary/aromatic N) is 1. The van der Waals surface area contributed by atoms with E-state index in [4.69, 9.17) is 4.74 Å². The van der Waals surface area contributed by atoms with E-state index in [9.17, 15) is 4.21 Å². The van der Waals surface area contributed by atoms with Crippen molar-refractivity contribution in [2.45, 2.75) is 108 Å². The fraction of sp³-hybridized carbons (Fsp3) is 0.692. The first-order valence-corrected chi connectivity index (χ1v) is 13.7. The summed E-state index contributed by atoms with van der Waals surface area (Å²) in [5, 5.41) is 3.68. The molecule has 4 rings (SSSR count). The quantitative estimate of drug-likeness (QED) is 0.536. The van der Waals surface area contributed by atoms with Gasteiger partial charge in [0.15, 0.2) is 5.88 Å². The van der Waals surface area contributed by atoms with Crippen molar-refractivity contribution < 1.29 is 8.95 Å². The van der Waals surface area contributed by atoms with E-state index in [0.29, 0.717) is 12.1 Å². The van der Waals surface area contributed by atoms with Crippen LogP contribution in [0.2, 0.25) is 0 Å². The van der Waals surface area contributed by atoms with Crippen LogP contribution in [0.4, 0.5) is 5.69 Å². The molecule has 0 bridgehead atoms. The Morgan fingerprint density at radius 3 is 2.25 bits per heavy atom. The van der Waals surface area contributed by atoms with E-state index < -0.39 is 11.0 Å². The minimum Gasteiger partial charge on any atom is -0.474 e. The number of hydrogen-bond donors (Lipinski definition) is 2. The van der Waals surface area contributed by atoms with Gasteiger partial charge in [-0.25, -0.2) is 8.93 Å². The predicted octanol–water partition coefficient (Wildman–Crippen LogP) is 5.40. The van der Waals surface area contributed by atoms with Gasteiger partial charge in [0.05, 0.1) is 4.90 Å². The maximum absolute atomic E-state index is 12.9. The van der Waals surface area contributed by atoms with Crippen LogP contribution in [0.3, 0.4) is 0 Å². The summed E-state index contributed by atoms with van der Waals surface area (Å²) in [5.74, 6) is 1.01. The smallest absolute Gasteiger partial charge is 0.186 e. The Labute approximate surface area is 197 Å². The first-order valence-electron chi connectivity index (χ1n) is 12.6. The summed E-state index contributed by atoms with van der Waals surface area (Å²) in [4.78, 5) is 3.29. The average Bonchev–Trinajstić information content (AvgIpc) is 3.48. The fourth-order valence-corrected chi connectivity index (χ4v) is 5.73. The van der Waals surface area contributed by atoms with Crippen LogP contribution in [0.1, 0.15) is 85.0 Å². The standard InChI is InChI=1S/C26H41N3O2S/c1-26(2,3)31-25(20-11-12-20)27-22-17-18-29(19-22)23-13-15-24(16-14-23)32(30)28-21-9-7-5-4-6-8-10-21/h13-16,21-22,27-28H,4-12,17-19H2,1-3H3. The molecule has 1 aliphatic heterocycles. The van der Waals surface area contributed by atoms with Gasteiger partial charge in [-0.3, -0.25) is 0 Å². The molecule has 1 aromatic rings. The highest BCUT2D eigenvalue weighted by molar-refractivity contribution is 7.83. The molecule has 0 radical (unpaired) electrons. The van der Waals surface area contributed by atoms with Crippen LogP contribution in [0.5, 0.6) is 0 Å². The summed E-state index contributed by atoms with van der Waals surface area (Å²) >= 11 is 0. The monoisotopic (exact) mass is 459 g/mol. The molecule has 1 heterocycles. The number of anilines is 1. The normalized spacial score (nSPS) is 23.4. The summed E-state index contributed by atoms with van der Waals surface area (Å²) in [7, 11) is -1.13. The molecule has 3 aliphatic rings. The second-order valence-electron chi connectivity index (χ2n) is 10.6. The highest BCUT2D eigenvalue weighted by Crippen LogP contribution is 2.33. The summed E-state index contributed by atoms with van der Waals surface area (Å²) in [6, 6.07) is 9.09. The molecule has 3 fully saturated rings. The van der Waals surface area contributed by atoms with E-state index in [1.165, 1.54) is 43.4 Å². The Kier molecular flexibility index (Phi) is 7.83. The molecule has 32 heavy (non-hydrogen) atoms. The average molecular weight is 460 g/mol.